The van der Waals surface area contributed by atoms with Crippen LogP contribution in [0.15, 0.2) is 24.3 Å². The van der Waals surface area contributed by atoms with Crippen molar-refractivity contribution in [2.75, 3.05) is 0 Å². The first-order chi connectivity index (χ1) is 12.1. The summed E-state index contributed by atoms with van der Waals surface area (Å²) < 4.78 is 10.7. The van der Waals surface area contributed by atoms with Crippen LogP contribution in [0, 0.1) is 10.1 Å². The van der Waals surface area contributed by atoms with Crippen LogP contribution in [0.25, 0.3) is 0 Å². The smallest absolute Gasteiger partial charge is 0.411 e. The van der Waals surface area contributed by atoms with Gasteiger partial charge in [0.15, 0.2) is 0 Å². The molecule has 0 unspecified atom stereocenters. The molecule has 8 nitrogen and oxygen atoms in total. The van der Waals surface area contributed by atoms with Crippen LogP contribution in [-0.2, 0) is 20.9 Å². The number of carbonyl (C=O) groups excluding carboxylic acids is 2. The summed E-state index contributed by atoms with van der Waals surface area (Å²) >= 11 is 0. The predicted molar refractivity (Wildman–Crippen MR) is 93.4 cm³/mol. The van der Waals surface area contributed by atoms with E-state index >= 15 is 0 Å². The standard InChI is InChI=1S/C18H24N2O6/c1-12(19(14-9-10-14)17(22)26-18(2,3)4)16(21)25-11-13-5-7-15(8-6-13)20(23)24/h5-8,12,14H,9-11H2,1-4H3/t12-/m0/s1. The third-order valence-corrected chi connectivity index (χ3v) is 3.83. The third kappa shape index (κ3) is 5.44. The summed E-state index contributed by atoms with van der Waals surface area (Å²) in [6.45, 7) is 6.91. The van der Waals surface area contributed by atoms with E-state index in [9.17, 15) is 19.7 Å². The second-order valence-corrected chi connectivity index (χ2v) is 7.33. The van der Waals surface area contributed by atoms with Crippen molar-refractivity contribution in [3.63, 3.8) is 0 Å². The van der Waals surface area contributed by atoms with Gasteiger partial charge in [0.1, 0.15) is 18.2 Å². The number of hydrogen-bond donors (Lipinski definition) is 0. The Kier molecular flexibility index (Phi) is 5.84. The Hall–Kier alpha value is -2.64. The number of nitro benzene ring substituents is 1. The van der Waals surface area contributed by atoms with Crippen LogP contribution in [0.2, 0.25) is 0 Å². The minimum absolute atomic E-state index is 0.00762. The van der Waals surface area contributed by atoms with E-state index in [2.05, 4.69) is 0 Å². The largest absolute Gasteiger partial charge is 0.459 e. The maximum atomic E-state index is 12.4. The molecule has 0 radical (unpaired) electrons. The molecule has 1 aromatic carbocycles. The highest BCUT2D eigenvalue weighted by molar-refractivity contribution is 5.81. The fraction of sp³-hybridized carbons (Fsp3) is 0.556. The predicted octanol–water partition coefficient (Wildman–Crippen LogP) is 3.43. The Morgan fingerprint density at radius 1 is 1.27 bits per heavy atom. The molecule has 0 N–H and O–H groups in total. The van der Waals surface area contributed by atoms with E-state index in [-0.39, 0.29) is 18.3 Å². The molecular weight excluding hydrogens is 340 g/mol. The lowest BCUT2D eigenvalue weighted by Crippen LogP contribution is -2.47. The summed E-state index contributed by atoms with van der Waals surface area (Å²) in [5, 5.41) is 10.6. The summed E-state index contributed by atoms with van der Waals surface area (Å²) in [4.78, 5) is 36.3. The third-order valence-electron chi connectivity index (χ3n) is 3.83. The van der Waals surface area contributed by atoms with Gasteiger partial charge in [-0.05, 0) is 58.2 Å². The number of esters is 1. The lowest BCUT2D eigenvalue weighted by atomic mass is 10.2. The van der Waals surface area contributed by atoms with Crippen LogP contribution in [0.3, 0.4) is 0 Å². The number of nitrogens with zero attached hydrogens (tertiary/aromatic N) is 2. The van der Waals surface area contributed by atoms with Gasteiger partial charge < -0.3 is 9.47 Å². The van der Waals surface area contributed by atoms with E-state index in [1.807, 2.05) is 0 Å². The molecule has 0 heterocycles. The molecule has 8 heteroatoms. The number of benzene rings is 1. The molecule has 26 heavy (non-hydrogen) atoms. The van der Waals surface area contributed by atoms with E-state index in [4.69, 9.17) is 9.47 Å². The van der Waals surface area contributed by atoms with Crippen molar-refractivity contribution in [2.24, 2.45) is 0 Å². The highest BCUT2D eigenvalue weighted by Crippen LogP contribution is 2.30. The normalized spacial score (nSPS) is 15.1. The summed E-state index contributed by atoms with van der Waals surface area (Å²) in [5.74, 6) is -0.541. The minimum atomic E-state index is -0.768. The molecule has 1 aromatic rings. The Labute approximate surface area is 152 Å². The van der Waals surface area contributed by atoms with Crippen LogP contribution >= 0.6 is 0 Å². The SMILES string of the molecule is C[C@@H](C(=O)OCc1ccc([N+](=O)[O-])cc1)N(C(=O)OC(C)(C)C)C1CC1. The summed E-state index contributed by atoms with van der Waals surface area (Å²) in [7, 11) is 0. The molecule has 1 atom stereocenters. The molecule has 1 aliphatic carbocycles. The van der Waals surface area contributed by atoms with Crippen molar-refractivity contribution in [3.8, 4) is 0 Å². The second-order valence-electron chi connectivity index (χ2n) is 7.33. The van der Waals surface area contributed by atoms with Gasteiger partial charge in [-0.3, -0.25) is 15.0 Å². The van der Waals surface area contributed by atoms with Crippen LogP contribution in [0.5, 0.6) is 0 Å². The molecule has 0 aromatic heterocycles. The fourth-order valence-electron chi connectivity index (χ4n) is 2.39. The monoisotopic (exact) mass is 364 g/mol. The molecule has 1 fully saturated rings. The molecule has 0 spiro atoms. The van der Waals surface area contributed by atoms with Crippen molar-refractivity contribution in [2.45, 2.75) is 64.8 Å². The number of rotatable bonds is 6. The Bertz CT molecular complexity index is 676. The van der Waals surface area contributed by atoms with Crippen molar-refractivity contribution in [1.29, 1.82) is 0 Å². The van der Waals surface area contributed by atoms with Crippen molar-refractivity contribution in [3.05, 3.63) is 39.9 Å². The zero-order chi connectivity index (χ0) is 19.5. The van der Waals surface area contributed by atoms with Gasteiger partial charge in [0.25, 0.3) is 5.69 Å². The Morgan fingerprint density at radius 2 is 1.85 bits per heavy atom. The van der Waals surface area contributed by atoms with E-state index in [1.165, 1.54) is 29.2 Å². The quantitative estimate of drug-likeness (QED) is 0.436. The molecule has 142 valence electrons. The maximum Gasteiger partial charge on any atom is 0.411 e. The molecule has 1 aliphatic rings. The van der Waals surface area contributed by atoms with Crippen LogP contribution in [0.1, 0.15) is 46.1 Å². The first-order valence-corrected chi connectivity index (χ1v) is 8.50. The topological polar surface area (TPSA) is 99.0 Å². The Balaban J connectivity index is 1.96. The first-order valence-electron chi connectivity index (χ1n) is 8.50. The molecule has 0 bridgehead atoms. The van der Waals surface area contributed by atoms with E-state index in [0.29, 0.717) is 5.56 Å². The van der Waals surface area contributed by atoms with Gasteiger partial charge in [-0.15, -0.1) is 0 Å². The van der Waals surface area contributed by atoms with E-state index < -0.39 is 28.6 Å². The van der Waals surface area contributed by atoms with Crippen molar-refractivity contribution >= 4 is 17.7 Å². The summed E-state index contributed by atoms with van der Waals surface area (Å²) in [5.41, 5.74) is -0.0447. The fourth-order valence-corrected chi connectivity index (χ4v) is 2.39. The number of amides is 1. The number of hydrogen-bond acceptors (Lipinski definition) is 6. The first kappa shape index (κ1) is 19.7. The van der Waals surface area contributed by atoms with Gasteiger partial charge in [-0.25, -0.2) is 9.59 Å². The van der Waals surface area contributed by atoms with Gasteiger partial charge >= 0.3 is 12.1 Å². The zero-order valence-corrected chi connectivity index (χ0v) is 15.4. The highest BCUT2D eigenvalue weighted by atomic mass is 16.6. The average molecular weight is 364 g/mol. The lowest BCUT2D eigenvalue weighted by molar-refractivity contribution is -0.384. The summed E-state index contributed by atoms with van der Waals surface area (Å²) in [6.07, 6.45) is 1.14. The maximum absolute atomic E-state index is 12.4. The van der Waals surface area contributed by atoms with Crippen LogP contribution in [-0.4, -0.2) is 39.6 Å². The summed E-state index contributed by atoms with van der Waals surface area (Å²) in [6, 6.07) is 4.99. The molecule has 1 amide bonds. The lowest BCUT2D eigenvalue weighted by Gasteiger charge is -2.30. The van der Waals surface area contributed by atoms with Crippen molar-refractivity contribution in [1.82, 2.24) is 4.90 Å². The number of nitro groups is 1. The van der Waals surface area contributed by atoms with Crippen LogP contribution in [0.4, 0.5) is 10.5 Å². The molecule has 1 saturated carbocycles. The average Bonchev–Trinajstić information content (AvgIpc) is 3.36. The Morgan fingerprint density at radius 3 is 2.31 bits per heavy atom. The second kappa shape index (κ2) is 7.72. The molecular formula is C18H24N2O6. The van der Waals surface area contributed by atoms with Crippen LogP contribution < -0.4 is 0 Å². The molecule has 0 aliphatic heterocycles. The number of ether oxygens (including phenoxy) is 2. The number of non-ortho nitro benzene ring substituents is 1. The highest BCUT2D eigenvalue weighted by Gasteiger charge is 2.41. The van der Waals surface area contributed by atoms with Gasteiger partial charge in [-0.2, -0.15) is 0 Å². The van der Waals surface area contributed by atoms with Gasteiger partial charge in [0.2, 0.25) is 0 Å². The van der Waals surface area contributed by atoms with Crippen molar-refractivity contribution < 1.29 is 24.0 Å². The number of carbonyl (C=O) groups is 2. The van der Waals surface area contributed by atoms with Gasteiger partial charge in [0, 0.05) is 18.2 Å². The zero-order valence-electron chi connectivity index (χ0n) is 15.4. The van der Waals surface area contributed by atoms with E-state index in [0.717, 1.165) is 12.8 Å². The van der Waals surface area contributed by atoms with Gasteiger partial charge in [-0.1, -0.05) is 0 Å². The van der Waals surface area contributed by atoms with E-state index in [1.54, 1.807) is 27.7 Å². The minimum Gasteiger partial charge on any atom is -0.459 e. The molecule has 2 rings (SSSR count). The van der Waals surface area contributed by atoms with Gasteiger partial charge in [0.05, 0.1) is 4.92 Å². The molecule has 0 saturated heterocycles.